The molecule has 3 heterocycles. The van der Waals surface area contributed by atoms with Gasteiger partial charge in [0.15, 0.2) is 0 Å². The van der Waals surface area contributed by atoms with Crippen molar-refractivity contribution in [2.24, 2.45) is 5.41 Å². The fourth-order valence-electron chi connectivity index (χ4n) is 4.02. The lowest BCUT2D eigenvalue weighted by Gasteiger charge is -2.47. The molecular formula is C19H31N5O2. The second kappa shape index (κ2) is 7.78. The van der Waals surface area contributed by atoms with E-state index in [1.54, 1.807) is 7.11 Å². The number of aryl methyl sites for hydroxylation is 1. The zero-order valence-electron chi connectivity index (χ0n) is 16.5. The van der Waals surface area contributed by atoms with Crippen molar-refractivity contribution in [2.75, 3.05) is 63.8 Å². The minimum atomic E-state index is 0.255. The first-order valence-corrected chi connectivity index (χ1v) is 9.47. The molecule has 7 nitrogen and oxygen atoms in total. The molecule has 3 rings (SSSR count). The minimum absolute atomic E-state index is 0.255. The third-order valence-electron chi connectivity index (χ3n) is 5.69. The quantitative estimate of drug-likeness (QED) is 0.796. The molecule has 2 aliphatic heterocycles. The van der Waals surface area contributed by atoms with E-state index in [0.29, 0.717) is 19.6 Å². The van der Waals surface area contributed by atoms with Gasteiger partial charge in [-0.25, -0.2) is 4.98 Å². The van der Waals surface area contributed by atoms with Crippen LogP contribution in [0.5, 0.6) is 0 Å². The number of aromatic nitrogens is 2. The first kappa shape index (κ1) is 18.9. The highest BCUT2D eigenvalue weighted by Crippen LogP contribution is 2.41. The molecule has 2 saturated heterocycles. The van der Waals surface area contributed by atoms with E-state index in [9.17, 15) is 4.79 Å². The van der Waals surface area contributed by atoms with Gasteiger partial charge in [0.05, 0.1) is 6.61 Å². The van der Waals surface area contributed by atoms with Crippen molar-refractivity contribution < 1.29 is 9.53 Å². The van der Waals surface area contributed by atoms with Gasteiger partial charge in [-0.15, -0.1) is 0 Å². The van der Waals surface area contributed by atoms with Gasteiger partial charge in [-0.05, 0) is 31.6 Å². The number of rotatable bonds is 5. The number of carbonyl (C=O) groups excluding carboxylic acids is 1. The van der Waals surface area contributed by atoms with Crippen molar-refractivity contribution in [3.05, 3.63) is 11.8 Å². The molecule has 144 valence electrons. The number of methoxy groups -OCH3 is 1. The number of ether oxygens (including phenoxy) is 1. The molecule has 0 aliphatic carbocycles. The predicted octanol–water partition coefficient (Wildman–Crippen LogP) is 1.71. The maximum Gasteiger partial charge on any atom is 0.226 e. The number of likely N-dealkylation sites (tertiary alicyclic amines) is 1. The third kappa shape index (κ3) is 4.09. The van der Waals surface area contributed by atoms with Crippen LogP contribution in [-0.2, 0) is 9.53 Å². The minimum Gasteiger partial charge on any atom is -0.383 e. The molecule has 2 fully saturated rings. The summed E-state index contributed by atoms with van der Waals surface area (Å²) in [6.45, 7) is 6.17. The van der Waals surface area contributed by atoms with Crippen molar-refractivity contribution in [2.45, 2.75) is 32.6 Å². The first-order chi connectivity index (χ1) is 12.4. The van der Waals surface area contributed by atoms with Gasteiger partial charge >= 0.3 is 0 Å². The van der Waals surface area contributed by atoms with Gasteiger partial charge in [-0.2, -0.15) is 4.98 Å². The Hall–Kier alpha value is -1.89. The fraction of sp³-hybridized carbons (Fsp3) is 0.737. The lowest BCUT2D eigenvalue weighted by Crippen LogP contribution is -2.52. The zero-order chi connectivity index (χ0) is 18.7. The van der Waals surface area contributed by atoms with E-state index in [2.05, 4.69) is 16.0 Å². The average Bonchev–Trinajstić information content (AvgIpc) is 2.63. The Bertz CT molecular complexity index is 641. The molecule has 0 unspecified atom stereocenters. The highest BCUT2D eigenvalue weighted by atomic mass is 16.5. The zero-order valence-corrected chi connectivity index (χ0v) is 16.5. The summed E-state index contributed by atoms with van der Waals surface area (Å²) in [5.74, 6) is 2.05. The molecule has 2 aliphatic rings. The van der Waals surface area contributed by atoms with Crippen LogP contribution in [0.3, 0.4) is 0 Å². The number of hydrogen-bond acceptors (Lipinski definition) is 6. The van der Waals surface area contributed by atoms with Crippen molar-refractivity contribution >= 4 is 17.7 Å². The van der Waals surface area contributed by atoms with Crippen LogP contribution in [0.1, 0.15) is 31.4 Å². The van der Waals surface area contributed by atoms with E-state index in [1.807, 2.05) is 30.8 Å². The van der Waals surface area contributed by atoms with E-state index >= 15 is 0 Å². The number of anilines is 2. The van der Waals surface area contributed by atoms with Crippen LogP contribution in [0.4, 0.5) is 11.8 Å². The van der Waals surface area contributed by atoms with Crippen LogP contribution in [0, 0.1) is 12.3 Å². The molecular weight excluding hydrogens is 330 g/mol. The van der Waals surface area contributed by atoms with E-state index in [1.165, 1.54) is 0 Å². The molecule has 26 heavy (non-hydrogen) atoms. The summed E-state index contributed by atoms with van der Waals surface area (Å²) in [6, 6.07) is 2.07. The SMILES string of the molecule is COCCN1CC2(CCC1=O)CCN(c1cc(C)nc(N(C)C)n1)CC2. The Labute approximate surface area is 156 Å². The van der Waals surface area contributed by atoms with Crippen molar-refractivity contribution in [1.29, 1.82) is 0 Å². The Morgan fingerprint density at radius 3 is 2.62 bits per heavy atom. The van der Waals surface area contributed by atoms with Crippen LogP contribution in [0.2, 0.25) is 0 Å². The standard InChI is InChI=1S/C19H31N5O2/c1-15-13-16(21-18(20-15)22(2)3)23-9-7-19(8-10-23)6-5-17(25)24(14-19)11-12-26-4/h13H,5-12,14H2,1-4H3. The van der Waals surface area contributed by atoms with Crippen molar-refractivity contribution in [1.82, 2.24) is 14.9 Å². The Morgan fingerprint density at radius 2 is 1.96 bits per heavy atom. The van der Waals surface area contributed by atoms with Crippen LogP contribution in [0.15, 0.2) is 6.07 Å². The van der Waals surface area contributed by atoms with Crippen LogP contribution in [0.25, 0.3) is 0 Å². The van der Waals surface area contributed by atoms with Gasteiger partial charge in [0, 0.05) is 65.6 Å². The van der Waals surface area contributed by atoms with Gasteiger partial charge in [0.25, 0.3) is 0 Å². The summed E-state index contributed by atoms with van der Waals surface area (Å²) in [4.78, 5) is 27.7. The Morgan fingerprint density at radius 1 is 1.23 bits per heavy atom. The summed E-state index contributed by atoms with van der Waals surface area (Å²) in [6.07, 6.45) is 3.88. The predicted molar refractivity (Wildman–Crippen MR) is 103 cm³/mol. The highest BCUT2D eigenvalue weighted by Gasteiger charge is 2.41. The maximum absolute atomic E-state index is 12.2. The third-order valence-corrected chi connectivity index (χ3v) is 5.69. The molecule has 0 saturated carbocycles. The van der Waals surface area contributed by atoms with Gasteiger partial charge < -0.3 is 19.4 Å². The second-order valence-corrected chi connectivity index (χ2v) is 7.86. The number of piperidine rings is 2. The molecule has 0 atom stereocenters. The smallest absolute Gasteiger partial charge is 0.226 e. The summed E-state index contributed by atoms with van der Waals surface area (Å²) in [5.41, 5.74) is 1.25. The Balaban J connectivity index is 1.66. The van der Waals surface area contributed by atoms with Gasteiger partial charge in [0.2, 0.25) is 11.9 Å². The van der Waals surface area contributed by atoms with Gasteiger partial charge in [-0.1, -0.05) is 0 Å². The largest absolute Gasteiger partial charge is 0.383 e. The monoisotopic (exact) mass is 361 g/mol. The number of carbonyl (C=O) groups is 1. The topological polar surface area (TPSA) is 61.8 Å². The van der Waals surface area contributed by atoms with Gasteiger partial charge in [0.1, 0.15) is 5.82 Å². The van der Waals surface area contributed by atoms with E-state index in [0.717, 1.165) is 56.4 Å². The molecule has 1 amide bonds. The van der Waals surface area contributed by atoms with E-state index in [-0.39, 0.29) is 11.3 Å². The molecule has 1 aromatic rings. The van der Waals surface area contributed by atoms with E-state index < -0.39 is 0 Å². The lowest BCUT2D eigenvalue weighted by atomic mass is 9.72. The van der Waals surface area contributed by atoms with Crippen LogP contribution >= 0.6 is 0 Å². The Kier molecular flexibility index (Phi) is 5.65. The maximum atomic E-state index is 12.2. The number of hydrogen-bond donors (Lipinski definition) is 0. The van der Waals surface area contributed by atoms with Crippen LogP contribution < -0.4 is 9.80 Å². The van der Waals surface area contributed by atoms with Crippen molar-refractivity contribution in [3.8, 4) is 0 Å². The number of nitrogens with zero attached hydrogens (tertiary/aromatic N) is 5. The molecule has 7 heteroatoms. The van der Waals surface area contributed by atoms with Crippen molar-refractivity contribution in [3.63, 3.8) is 0 Å². The lowest BCUT2D eigenvalue weighted by molar-refractivity contribution is -0.139. The summed E-state index contributed by atoms with van der Waals surface area (Å²) in [5, 5.41) is 0. The molecule has 0 aromatic carbocycles. The highest BCUT2D eigenvalue weighted by molar-refractivity contribution is 5.77. The molecule has 0 radical (unpaired) electrons. The van der Waals surface area contributed by atoms with Crippen LogP contribution in [-0.4, -0.2) is 74.8 Å². The normalized spacial score (nSPS) is 19.9. The van der Waals surface area contributed by atoms with Gasteiger partial charge in [-0.3, -0.25) is 4.79 Å². The fourth-order valence-corrected chi connectivity index (χ4v) is 4.02. The average molecular weight is 361 g/mol. The first-order valence-electron chi connectivity index (χ1n) is 9.47. The van der Waals surface area contributed by atoms with E-state index in [4.69, 9.17) is 9.72 Å². The summed E-state index contributed by atoms with van der Waals surface area (Å²) >= 11 is 0. The molecule has 1 aromatic heterocycles. The summed E-state index contributed by atoms with van der Waals surface area (Å²) in [7, 11) is 5.63. The molecule has 1 spiro atoms. The number of amides is 1. The summed E-state index contributed by atoms with van der Waals surface area (Å²) < 4.78 is 5.16. The molecule has 0 bridgehead atoms. The molecule has 0 N–H and O–H groups in total. The second-order valence-electron chi connectivity index (χ2n) is 7.86.